The Balaban J connectivity index is 2.52. The molecule has 60 valence electrons. The molecule has 11 heavy (non-hydrogen) atoms. The van der Waals surface area contributed by atoms with Crippen LogP contribution >= 0.6 is 0 Å². The predicted molar refractivity (Wildman–Crippen MR) is 41.5 cm³/mol. The summed E-state index contributed by atoms with van der Waals surface area (Å²) < 4.78 is 9.79. The number of nitrogens with zero attached hydrogens (tertiary/aromatic N) is 1. The van der Waals surface area contributed by atoms with Crippen molar-refractivity contribution >= 4 is 0 Å². The highest BCUT2D eigenvalue weighted by Crippen LogP contribution is 2.05. The van der Waals surface area contributed by atoms with Gasteiger partial charge in [0.05, 0.1) is 0 Å². The molecule has 0 unspecified atom stereocenters. The van der Waals surface area contributed by atoms with Crippen LogP contribution < -0.4 is 4.74 Å². The molecule has 0 N–H and O–H groups in total. The van der Waals surface area contributed by atoms with Crippen molar-refractivity contribution in [1.29, 1.82) is 0 Å². The van der Waals surface area contributed by atoms with Gasteiger partial charge in [0.15, 0.2) is 6.79 Å². The minimum Gasteiger partial charge on any atom is -0.451 e. The smallest absolute Gasteiger partial charge is 0.215 e. The van der Waals surface area contributed by atoms with Crippen molar-refractivity contribution in [3.8, 4) is 5.88 Å². The molecule has 0 saturated heterocycles. The van der Waals surface area contributed by atoms with Gasteiger partial charge in [-0.2, -0.15) is 0 Å². The lowest BCUT2D eigenvalue weighted by Crippen LogP contribution is -1.99. The van der Waals surface area contributed by atoms with E-state index in [9.17, 15) is 0 Å². The number of rotatable bonds is 3. The average Bonchev–Trinajstić information content (AvgIpc) is 2.04. The Hall–Kier alpha value is -1.09. The van der Waals surface area contributed by atoms with Gasteiger partial charge in [0.25, 0.3) is 0 Å². The van der Waals surface area contributed by atoms with E-state index < -0.39 is 0 Å². The van der Waals surface area contributed by atoms with Crippen LogP contribution in [0.4, 0.5) is 0 Å². The fraction of sp³-hybridized carbons (Fsp3) is 0.375. The monoisotopic (exact) mass is 153 g/mol. The van der Waals surface area contributed by atoms with Gasteiger partial charge in [-0.15, -0.1) is 0 Å². The average molecular weight is 153 g/mol. The Morgan fingerprint density at radius 2 is 2.27 bits per heavy atom. The molecule has 0 fully saturated rings. The Morgan fingerprint density at radius 1 is 1.45 bits per heavy atom. The Kier molecular flexibility index (Phi) is 2.86. The normalized spacial score (nSPS) is 9.64. The second-order valence-corrected chi connectivity index (χ2v) is 2.22. The van der Waals surface area contributed by atoms with Crippen molar-refractivity contribution in [3.05, 3.63) is 23.9 Å². The molecular formula is C8H11NO2. The molecule has 3 nitrogen and oxygen atoms in total. The van der Waals surface area contributed by atoms with Crippen LogP contribution in [0.5, 0.6) is 5.88 Å². The Labute approximate surface area is 66.0 Å². The molecule has 1 rings (SSSR count). The van der Waals surface area contributed by atoms with Crippen molar-refractivity contribution in [2.24, 2.45) is 0 Å². The van der Waals surface area contributed by atoms with Gasteiger partial charge in [0.1, 0.15) is 0 Å². The van der Waals surface area contributed by atoms with Gasteiger partial charge in [-0.05, 0) is 12.5 Å². The van der Waals surface area contributed by atoms with Crippen LogP contribution in [-0.4, -0.2) is 18.9 Å². The lowest BCUT2D eigenvalue weighted by molar-refractivity contribution is 0.0478. The highest BCUT2D eigenvalue weighted by atomic mass is 16.7. The van der Waals surface area contributed by atoms with Crippen LogP contribution in [0.2, 0.25) is 0 Å². The van der Waals surface area contributed by atoms with Gasteiger partial charge in [0, 0.05) is 19.4 Å². The number of methoxy groups -OCH3 is 1. The fourth-order valence-electron chi connectivity index (χ4n) is 0.659. The number of hydrogen-bond acceptors (Lipinski definition) is 3. The minimum atomic E-state index is 0.246. The number of ether oxygens (including phenoxy) is 2. The molecule has 0 atom stereocenters. The molecular weight excluding hydrogens is 142 g/mol. The van der Waals surface area contributed by atoms with Crippen LogP contribution in [-0.2, 0) is 4.74 Å². The third kappa shape index (κ3) is 2.55. The van der Waals surface area contributed by atoms with Crippen LogP contribution in [0.3, 0.4) is 0 Å². The van der Waals surface area contributed by atoms with E-state index in [1.807, 2.05) is 19.1 Å². The lowest BCUT2D eigenvalue weighted by atomic mass is 10.3. The first-order valence-electron chi connectivity index (χ1n) is 3.37. The molecule has 0 aliphatic rings. The van der Waals surface area contributed by atoms with E-state index in [1.165, 1.54) is 0 Å². The maximum Gasteiger partial charge on any atom is 0.215 e. The van der Waals surface area contributed by atoms with Crippen LogP contribution in [0.25, 0.3) is 0 Å². The minimum absolute atomic E-state index is 0.246. The quantitative estimate of drug-likeness (QED) is 0.614. The zero-order chi connectivity index (χ0) is 8.10. The largest absolute Gasteiger partial charge is 0.451 e. The highest BCUT2D eigenvalue weighted by molar-refractivity contribution is 5.15. The van der Waals surface area contributed by atoms with E-state index in [1.54, 1.807) is 13.3 Å². The van der Waals surface area contributed by atoms with Crippen molar-refractivity contribution in [2.75, 3.05) is 13.9 Å². The SMILES string of the molecule is COCOc1ccc(C)cn1. The van der Waals surface area contributed by atoms with E-state index in [-0.39, 0.29) is 6.79 Å². The summed E-state index contributed by atoms with van der Waals surface area (Å²) in [5, 5.41) is 0. The number of pyridine rings is 1. The fourth-order valence-corrected chi connectivity index (χ4v) is 0.659. The van der Waals surface area contributed by atoms with Gasteiger partial charge in [-0.1, -0.05) is 6.07 Å². The molecule has 1 aromatic heterocycles. The predicted octanol–water partition coefficient (Wildman–Crippen LogP) is 1.37. The first kappa shape index (κ1) is 8.01. The van der Waals surface area contributed by atoms with Crippen LogP contribution in [0.15, 0.2) is 18.3 Å². The molecule has 1 heterocycles. The summed E-state index contributed by atoms with van der Waals surface area (Å²) in [7, 11) is 1.58. The summed E-state index contributed by atoms with van der Waals surface area (Å²) in [4.78, 5) is 4.01. The van der Waals surface area contributed by atoms with E-state index in [0.29, 0.717) is 5.88 Å². The maximum atomic E-state index is 5.08. The zero-order valence-corrected chi connectivity index (χ0v) is 6.70. The molecule has 0 aromatic carbocycles. The third-order valence-corrected chi connectivity index (χ3v) is 1.21. The van der Waals surface area contributed by atoms with Gasteiger partial charge < -0.3 is 9.47 Å². The third-order valence-electron chi connectivity index (χ3n) is 1.21. The van der Waals surface area contributed by atoms with Crippen molar-refractivity contribution in [2.45, 2.75) is 6.92 Å². The van der Waals surface area contributed by atoms with Crippen molar-refractivity contribution in [3.63, 3.8) is 0 Å². The van der Waals surface area contributed by atoms with Crippen LogP contribution in [0.1, 0.15) is 5.56 Å². The van der Waals surface area contributed by atoms with E-state index >= 15 is 0 Å². The number of hydrogen-bond donors (Lipinski definition) is 0. The van der Waals surface area contributed by atoms with E-state index in [2.05, 4.69) is 4.98 Å². The van der Waals surface area contributed by atoms with Gasteiger partial charge in [-0.3, -0.25) is 0 Å². The molecule has 0 aliphatic heterocycles. The Bertz CT molecular complexity index is 208. The summed E-state index contributed by atoms with van der Waals surface area (Å²) in [6, 6.07) is 3.76. The standard InChI is InChI=1S/C8H11NO2/c1-7-3-4-8(9-5-7)11-6-10-2/h3-5H,6H2,1-2H3. The van der Waals surface area contributed by atoms with Crippen LogP contribution in [0, 0.1) is 6.92 Å². The second kappa shape index (κ2) is 3.93. The summed E-state index contributed by atoms with van der Waals surface area (Å²) >= 11 is 0. The molecule has 0 spiro atoms. The summed E-state index contributed by atoms with van der Waals surface area (Å²) in [5.41, 5.74) is 1.12. The van der Waals surface area contributed by atoms with Gasteiger partial charge in [0.2, 0.25) is 5.88 Å². The molecule has 0 saturated carbocycles. The summed E-state index contributed by atoms with van der Waals surface area (Å²) in [6.07, 6.45) is 1.75. The molecule has 0 radical (unpaired) electrons. The number of aryl methyl sites for hydroxylation is 1. The molecule has 0 amide bonds. The van der Waals surface area contributed by atoms with E-state index in [4.69, 9.17) is 9.47 Å². The topological polar surface area (TPSA) is 31.4 Å². The van der Waals surface area contributed by atoms with E-state index in [0.717, 1.165) is 5.56 Å². The second-order valence-electron chi connectivity index (χ2n) is 2.22. The first-order chi connectivity index (χ1) is 5.33. The highest BCUT2D eigenvalue weighted by Gasteiger charge is 1.91. The summed E-state index contributed by atoms with van der Waals surface area (Å²) in [5.74, 6) is 0.595. The maximum absolute atomic E-state index is 5.08. The zero-order valence-electron chi connectivity index (χ0n) is 6.70. The molecule has 3 heteroatoms. The Morgan fingerprint density at radius 3 is 2.82 bits per heavy atom. The molecule has 0 aliphatic carbocycles. The molecule has 1 aromatic rings. The molecule has 0 bridgehead atoms. The lowest BCUT2D eigenvalue weighted by Gasteiger charge is -2.02. The van der Waals surface area contributed by atoms with Crippen molar-refractivity contribution in [1.82, 2.24) is 4.98 Å². The van der Waals surface area contributed by atoms with Gasteiger partial charge >= 0.3 is 0 Å². The summed E-state index contributed by atoms with van der Waals surface area (Å²) in [6.45, 7) is 2.23. The number of aromatic nitrogens is 1. The first-order valence-corrected chi connectivity index (χ1v) is 3.37. The van der Waals surface area contributed by atoms with Crippen molar-refractivity contribution < 1.29 is 9.47 Å². The van der Waals surface area contributed by atoms with Gasteiger partial charge in [-0.25, -0.2) is 4.98 Å².